The van der Waals surface area contributed by atoms with E-state index in [0.717, 1.165) is 22.5 Å². The molecule has 0 fully saturated rings. The number of benzene rings is 2. The van der Waals surface area contributed by atoms with E-state index in [1.54, 1.807) is 10.9 Å². The number of aromatic nitrogens is 5. The Kier molecular flexibility index (Phi) is 4.33. The van der Waals surface area contributed by atoms with Gasteiger partial charge in [0, 0.05) is 11.8 Å². The van der Waals surface area contributed by atoms with Gasteiger partial charge in [-0.25, -0.2) is 9.67 Å². The summed E-state index contributed by atoms with van der Waals surface area (Å²) in [5.74, 6) is 0.239. The van der Waals surface area contributed by atoms with E-state index < -0.39 is 0 Å². The molecule has 1 amide bonds. The molecule has 0 bridgehead atoms. The molecule has 7 heteroatoms. The predicted molar refractivity (Wildman–Crippen MR) is 115 cm³/mol. The van der Waals surface area contributed by atoms with Crippen LogP contribution in [0.1, 0.15) is 16.1 Å². The van der Waals surface area contributed by atoms with Crippen LogP contribution in [0.5, 0.6) is 0 Å². The fourth-order valence-electron chi connectivity index (χ4n) is 3.28. The zero-order valence-corrected chi connectivity index (χ0v) is 16.2. The number of amides is 1. The Hall–Kier alpha value is -4.26. The summed E-state index contributed by atoms with van der Waals surface area (Å²) in [6, 6.07) is 23.3. The fourth-order valence-corrected chi connectivity index (χ4v) is 3.28. The average Bonchev–Trinajstić information content (AvgIpc) is 3.41. The van der Waals surface area contributed by atoms with Gasteiger partial charge in [-0.15, -0.1) is 5.10 Å². The molecule has 0 unspecified atom stereocenters. The Morgan fingerprint density at radius 3 is 2.50 bits per heavy atom. The molecule has 2 aromatic carbocycles. The number of imidazole rings is 1. The summed E-state index contributed by atoms with van der Waals surface area (Å²) < 4.78 is 3.44. The minimum absolute atomic E-state index is 0.223. The molecule has 5 aromatic rings. The van der Waals surface area contributed by atoms with Crippen LogP contribution in [0.2, 0.25) is 0 Å². The first kappa shape index (κ1) is 17.8. The summed E-state index contributed by atoms with van der Waals surface area (Å²) in [7, 11) is 0. The van der Waals surface area contributed by atoms with Gasteiger partial charge in [-0.05, 0) is 31.2 Å². The topological polar surface area (TPSA) is 77.1 Å². The molecular formula is C23H18N6O. The van der Waals surface area contributed by atoms with Crippen molar-refractivity contribution in [2.24, 2.45) is 0 Å². The highest BCUT2D eigenvalue weighted by molar-refractivity contribution is 6.04. The zero-order chi connectivity index (χ0) is 20.5. The van der Waals surface area contributed by atoms with Gasteiger partial charge in [0.05, 0.1) is 11.9 Å². The largest absolute Gasteiger partial charge is 0.304 e. The normalized spacial score (nSPS) is 11.0. The van der Waals surface area contributed by atoms with Gasteiger partial charge < -0.3 is 5.32 Å². The number of carbonyl (C=O) groups excluding carboxylic acids is 1. The van der Waals surface area contributed by atoms with Crippen LogP contribution in [0, 0.1) is 6.92 Å². The third kappa shape index (κ3) is 3.22. The summed E-state index contributed by atoms with van der Waals surface area (Å²) in [5.41, 5.74) is 4.57. The number of anilines is 1. The van der Waals surface area contributed by atoms with Crippen molar-refractivity contribution in [2.45, 2.75) is 6.92 Å². The minimum atomic E-state index is -0.351. The molecule has 0 aliphatic carbocycles. The summed E-state index contributed by atoms with van der Waals surface area (Å²) in [5, 5.41) is 11.1. The highest BCUT2D eigenvalue weighted by Gasteiger charge is 2.19. The maximum Gasteiger partial charge on any atom is 0.279 e. The van der Waals surface area contributed by atoms with Gasteiger partial charge in [0.1, 0.15) is 17.2 Å². The number of nitrogens with one attached hydrogen (secondary N) is 1. The smallest absolute Gasteiger partial charge is 0.279 e. The lowest BCUT2D eigenvalue weighted by Crippen LogP contribution is -2.14. The molecule has 3 aromatic heterocycles. The van der Waals surface area contributed by atoms with Crippen LogP contribution in [0.25, 0.3) is 22.6 Å². The number of nitrogens with zero attached hydrogens (tertiary/aromatic N) is 5. The second-order valence-electron chi connectivity index (χ2n) is 6.94. The molecule has 1 N–H and O–H groups in total. The molecule has 7 nitrogen and oxygen atoms in total. The van der Waals surface area contributed by atoms with Gasteiger partial charge in [0.15, 0.2) is 5.69 Å². The van der Waals surface area contributed by atoms with Gasteiger partial charge in [0.2, 0.25) is 0 Å². The Morgan fingerprint density at radius 1 is 0.933 bits per heavy atom. The number of rotatable bonds is 4. The summed E-state index contributed by atoms with van der Waals surface area (Å²) in [6.45, 7) is 2.02. The lowest BCUT2D eigenvalue weighted by atomic mass is 10.1. The standard InChI is InChI=1S/C23H18N6O/c1-16-10-12-18(13-11-16)29-15-19(26-27-29)23(30)25-22-21(17-7-3-2-4-8-17)24-20-9-5-6-14-28(20)22/h2-15H,1H3,(H,25,30). The fraction of sp³-hybridized carbons (Fsp3) is 0.0435. The molecule has 30 heavy (non-hydrogen) atoms. The number of fused-ring (bicyclic) bond motifs is 1. The molecule has 0 saturated carbocycles. The van der Waals surface area contributed by atoms with Crippen LogP contribution in [0.3, 0.4) is 0 Å². The number of hydrogen-bond donors (Lipinski definition) is 1. The Balaban J connectivity index is 1.50. The monoisotopic (exact) mass is 394 g/mol. The van der Waals surface area contributed by atoms with Crippen molar-refractivity contribution in [3.63, 3.8) is 0 Å². The maximum absolute atomic E-state index is 13.0. The van der Waals surface area contributed by atoms with Gasteiger partial charge in [-0.3, -0.25) is 9.20 Å². The predicted octanol–water partition coefficient (Wildman–Crippen LogP) is 4.14. The molecule has 0 spiro atoms. The lowest BCUT2D eigenvalue weighted by molar-refractivity contribution is 0.102. The van der Waals surface area contributed by atoms with E-state index in [1.165, 1.54) is 0 Å². The Labute approximate surface area is 172 Å². The van der Waals surface area contributed by atoms with E-state index in [2.05, 4.69) is 15.6 Å². The van der Waals surface area contributed by atoms with E-state index >= 15 is 0 Å². The van der Waals surface area contributed by atoms with Crippen molar-refractivity contribution in [1.82, 2.24) is 24.4 Å². The van der Waals surface area contributed by atoms with E-state index in [0.29, 0.717) is 11.5 Å². The molecule has 3 heterocycles. The highest BCUT2D eigenvalue weighted by Crippen LogP contribution is 2.28. The highest BCUT2D eigenvalue weighted by atomic mass is 16.2. The summed E-state index contributed by atoms with van der Waals surface area (Å²) in [6.07, 6.45) is 3.49. The quantitative estimate of drug-likeness (QED) is 0.497. The number of aryl methyl sites for hydroxylation is 1. The van der Waals surface area contributed by atoms with E-state index in [9.17, 15) is 4.79 Å². The van der Waals surface area contributed by atoms with Crippen LogP contribution in [-0.2, 0) is 0 Å². The number of carbonyl (C=O) groups is 1. The van der Waals surface area contributed by atoms with Crippen LogP contribution < -0.4 is 5.32 Å². The first-order valence-corrected chi connectivity index (χ1v) is 9.52. The lowest BCUT2D eigenvalue weighted by Gasteiger charge is -2.06. The first-order valence-electron chi connectivity index (χ1n) is 9.52. The zero-order valence-electron chi connectivity index (χ0n) is 16.2. The van der Waals surface area contributed by atoms with Gasteiger partial charge in [-0.1, -0.05) is 59.3 Å². The third-order valence-electron chi connectivity index (χ3n) is 4.83. The van der Waals surface area contributed by atoms with E-state index in [-0.39, 0.29) is 11.6 Å². The molecule has 0 aliphatic heterocycles. The molecule has 0 aliphatic rings. The summed E-state index contributed by atoms with van der Waals surface area (Å²) >= 11 is 0. The van der Waals surface area contributed by atoms with Crippen LogP contribution >= 0.6 is 0 Å². The van der Waals surface area contributed by atoms with Crippen molar-refractivity contribution >= 4 is 17.4 Å². The maximum atomic E-state index is 13.0. The van der Waals surface area contributed by atoms with Crippen LogP contribution in [0.15, 0.2) is 85.2 Å². The Morgan fingerprint density at radius 2 is 1.70 bits per heavy atom. The van der Waals surface area contributed by atoms with Crippen molar-refractivity contribution in [3.05, 3.63) is 96.4 Å². The average molecular weight is 394 g/mol. The van der Waals surface area contributed by atoms with Gasteiger partial charge >= 0.3 is 0 Å². The molecule has 146 valence electrons. The first-order chi connectivity index (χ1) is 14.7. The van der Waals surface area contributed by atoms with E-state index in [4.69, 9.17) is 4.98 Å². The number of pyridine rings is 1. The summed E-state index contributed by atoms with van der Waals surface area (Å²) in [4.78, 5) is 17.7. The van der Waals surface area contributed by atoms with Crippen LogP contribution in [0.4, 0.5) is 5.82 Å². The number of hydrogen-bond acceptors (Lipinski definition) is 4. The van der Waals surface area contributed by atoms with Crippen molar-refractivity contribution in [1.29, 1.82) is 0 Å². The third-order valence-corrected chi connectivity index (χ3v) is 4.83. The van der Waals surface area contributed by atoms with Crippen molar-refractivity contribution in [3.8, 4) is 16.9 Å². The molecular weight excluding hydrogens is 376 g/mol. The second-order valence-corrected chi connectivity index (χ2v) is 6.94. The van der Waals surface area contributed by atoms with Crippen LogP contribution in [-0.4, -0.2) is 30.3 Å². The van der Waals surface area contributed by atoms with Gasteiger partial charge in [-0.2, -0.15) is 0 Å². The minimum Gasteiger partial charge on any atom is -0.304 e. The molecule has 0 atom stereocenters. The molecule has 0 radical (unpaired) electrons. The van der Waals surface area contributed by atoms with Gasteiger partial charge in [0.25, 0.3) is 5.91 Å². The van der Waals surface area contributed by atoms with Crippen molar-refractivity contribution in [2.75, 3.05) is 5.32 Å². The SMILES string of the molecule is Cc1ccc(-n2cc(C(=O)Nc3c(-c4ccccc4)nc4ccccn34)nn2)cc1. The molecule has 0 saturated heterocycles. The van der Waals surface area contributed by atoms with Crippen molar-refractivity contribution < 1.29 is 4.79 Å². The van der Waals surface area contributed by atoms with E-state index in [1.807, 2.05) is 90.3 Å². The molecule has 5 rings (SSSR count). The second kappa shape index (κ2) is 7.29. The Bertz CT molecular complexity index is 1340.